The van der Waals surface area contributed by atoms with E-state index in [0.29, 0.717) is 12.6 Å². The van der Waals surface area contributed by atoms with Crippen molar-refractivity contribution < 1.29 is 9.59 Å². The first-order valence-corrected chi connectivity index (χ1v) is 9.57. The second-order valence-corrected chi connectivity index (χ2v) is 7.76. The average Bonchev–Trinajstić information content (AvgIpc) is 3.27. The molecule has 5 heteroatoms. The SMILES string of the molecule is O=C(CN1CCCC1C(=O)NC1CC1)NC1(c2ccccc2)CCC1. The summed E-state index contributed by atoms with van der Waals surface area (Å²) in [6.07, 6.45) is 7.17. The average molecular weight is 341 g/mol. The van der Waals surface area contributed by atoms with E-state index < -0.39 is 0 Å². The third kappa shape index (κ3) is 3.56. The molecule has 2 N–H and O–H groups in total. The smallest absolute Gasteiger partial charge is 0.237 e. The second-order valence-electron chi connectivity index (χ2n) is 7.76. The molecule has 1 heterocycles. The van der Waals surface area contributed by atoms with Crippen LogP contribution in [0.5, 0.6) is 0 Å². The minimum atomic E-state index is -0.205. The lowest BCUT2D eigenvalue weighted by atomic mass is 9.72. The summed E-state index contributed by atoms with van der Waals surface area (Å²) in [6, 6.07) is 10.5. The van der Waals surface area contributed by atoms with Crippen molar-refractivity contribution in [3.63, 3.8) is 0 Å². The normalized spacial score (nSPS) is 25.2. The maximum atomic E-state index is 12.7. The van der Waals surface area contributed by atoms with Gasteiger partial charge in [-0.05, 0) is 57.1 Å². The van der Waals surface area contributed by atoms with Crippen LogP contribution in [0.25, 0.3) is 0 Å². The van der Waals surface area contributed by atoms with Crippen LogP contribution < -0.4 is 10.6 Å². The Kier molecular flexibility index (Phi) is 4.50. The molecule has 1 aromatic rings. The van der Waals surface area contributed by atoms with Gasteiger partial charge in [0.2, 0.25) is 11.8 Å². The minimum absolute atomic E-state index is 0.0367. The monoisotopic (exact) mass is 341 g/mol. The Labute approximate surface area is 149 Å². The standard InChI is InChI=1S/C20H27N3O2/c24-18(22-20(11-5-12-20)15-6-2-1-3-7-15)14-23-13-4-8-17(23)19(25)21-16-9-10-16/h1-3,6-7,16-17H,4-5,8-14H2,(H,21,25)(H,22,24). The van der Waals surface area contributed by atoms with E-state index in [4.69, 9.17) is 0 Å². The van der Waals surface area contributed by atoms with Gasteiger partial charge >= 0.3 is 0 Å². The lowest BCUT2D eigenvalue weighted by molar-refractivity contribution is -0.129. The van der Waals surface area contributed by atoms with Crippen molar-refractivity contribution in [3.05, 3.63) is 35.9 Å². The summed E-state index contributed by atoms with van der Waals surface area (Å²) in [5, 5.41) is 6.36. The molecule has 0 radical (unpaired) electrons. The zero-order valence-electron chi connectivity index (χ0n) is 14.7. The summed E-state index contributed by atoms with van der Waals surface area (Å²) in [4.78, 5) is 27.1. The molecular formula is C20H27N3O2. The summed E-state index contributed by atoms with van der Waals surface area (Å²) in [6.45, 7) is 1.14. The first-order valence-electron chi connectivity index (χ1n) is 9.57. The van der Waals surface area contributed by atoms with Crippen LogP contribution in [-0.2, 0) is 15.1 Å². The number of carbonyl (C=O) groups excluding carboxylic acids is 2. The number of carbonyl (C=O) groups is 2. The van der Waals surface area contributed by atoms with Crippen LogP contribution in [0.15, 0.2) is 30.3 Å². The molecule has 1 aromatic carbocycles. The molecule has 2 amide bonds. The van der Waals surface area contributed by atoms with Crippen molar-refractivity contribution in [2.24, 2.45) is 0 Å². The van der Waals surface area contributed by atoms with Gasteiger partial charge in [-0.3, -0.25) is 14.5 Å². The maximum absolute atomic E-state index is 12.7. The molecule has 3 aliphatic rings. The van der Waals surface area contributed by atoms with Crippen LogP contribution in [0.3, 0.4) is 0 Å². The highest BCUT2D eigenvalue weighted by atomic mass is 16.2. The van der Waals surface area contributed by atoms with E-state index in [-0.39, 0.29) is 23.4 Å². The summed E-state index contributed by atoms with van der Waals surface area (Å²) in [7, 11) is 0. The first-order chi connectivity index (χ1) is 12.2. The summed E-state index contributed by atoms with van der Waals surface area (Å²) >= 11 is 0. The van der Waals surface area contributed by atoms with Crippen LogP contribution in [-0.4, -0.2) is 41.9 Å². The zero-order chi connectivity index (χ0) is 17.3. The predicted octanol–water partition coefficient (Wildman–Crippen LogP) is 1.93. The van der Waals surface area contributed by atoms with Gasteiger partial charge in [0.05, 0.1) is 18.1 Å². The number of likely N-dealkylation sites (tertiary alicyclic amines) is 1. The van der Waals surface area contributed by atoms with Gasteiger partial charge in [-0.15, -0.1) is 0 Å². The molecule has 134 valence electrons. The van der Waals surface area contributed by atoms with Gasteiger partial charge in [0.15, 0.2) is 0 Å². The third-order valence-electron chi connectivity index (χ3n) is 5.85. The Balaban J connectivity index is 1.37. The number of amides is 2. The third-order valence-corrected chi connectivity index (χ3v) is 5.85. The summed E-state index contributed by atoms with van der Waals surface area (Å²) < 4.78 is 0. The van der Waals surface area contributed by atoms with Crippen LogP contribution >= 0.6 is 0 Å². The molecule has 1 saturated heterocycles. The van der Waals surface area contributed by atoms with E-state index >= 15 is 0 Å². The fourth-order valence-electron chi connectivity index (χ4n) is 4.10. The molecule has 25 heavy (non-hydrogen) atoms. The van der Waals surface area contributed by atoms with E-state index in [0.717, 1.165) is 51.5 Å². The van der Waals surface area contributed by atoms with Crippen molar-refractivity contribution in [2.45, 2.75) is 62.6 Å². The molecule has 1 aliphatic heterocycles. The molecule has 2 saturated carbocycles. The van der Waals surface area contributed by atoms with Gasteiger partial charge < -0.3 is 10.6 Å². The van der Waals surface area contributed by atoms with Crippen molar-refractivity contribution in [2.75, 3.05) is 13.1 Å². The number of nitrogens with zero attached hydrogens (tertiary/aromatic N) is 1. The topological polar surface area (TPSA) is 61.4 Å². The fourth-order valence-corrected chi connectivity index (χ4v) is 4.10. The Morgan fingerprint density at radius 1 is 1.08 bits per heavy atom. The Morgan fingerprint density at radius 2 is 1.84 bits per heavy atom. The van der Waals surface area contributed by atoms with E-state index in [1.54, 1.807) is 0 Å². The van der Waals surface area contributed by atoms with E-state index in [1.165, 1.54) is 5.56 Å². The van der Waals surface area contributed by atoms with Crippen LogP contribution in [0, 0.1) is 0 Å². The Bertz CT molecular complexity index is 638. The van der Waals surface area contributed by atoms with Crippen molar-refractivity contribution >= 4 is 11.8 Å². The van der Waals surface area contributed by atoms with Crippen molar-refractivity contribution in [3.8, 4) is 0 Å². The lowest BCUT2D eigenvalue weighted by Crippen LogP contribution is -2.54. The van der Waals surface area contributed by atoms with Crippen LogP contribution in [0.2, 0.25) is 0 Å². The number of hydrogen-bond acceptors (Lipinski definition) is 3. The molecule has 0 spiro atoms. The molecule has 5 nitrogen and oxygen atoms in total. The first kappa shape index (κ1) is 16.6. The second kappa shape index (κ2) is 6.79. The van der Waals surface area contributed by atoms with E-state index in [2.05, 4.69) is 22.8 Å². The van der Waals surface area contributed by atoms with E-state index in [1.807, 2.05) is 23.1 Å². The van der Waals surface area contributed by atoms with Gasteiger partial charge in [0.25, 0.3) is 0 Å². The number of benzene rings is 1. The molecule has 4 rings (SSSR count). The molecule has 0 bridgehead atoms. The molecule has 3 fully saturated rings. The number of hydrogen-bond donors (Lipinski definition) is 2. The largest absolute Gasteiger partial charge is 0.352 e. The fraction of sp³-hybridized carbons (Fsp3) is 0.600. The predicted molar refractivity (Wildman–Crippen MR) is 95.9 cm³/mol. The maximum Gasteiger partial charge on any atom is 0.237 e. The number of nitrogens with one attached hydrogen (secondary N) is 2. The minimum Gasteiger partial charge on any atom is -0.352 e. The quantitative estimate of drug-likeness (QED) is 0.831. The van der Waals surface area contributed by atoms with Gasteiger partial charge in [-0.2, -0.15) is 0 Å². The molecule has 1 atom stereocenters. The highest BCUT2D eigenvalue weighted by Crippen LogP contribution is 2.41. The number of rotatable bonds is 6. The van der Waals surface area contributed by atoms with Crippen molar-refractivity contribution in [1.82, 2.24) is 15.5 Å². The van der Waals surface area contributed by atoms with Crippen LogP contribution in [0.4, 0.5) is 0 Å². The van der Waals surface area contributed by atoms with Crippen LogP contribution in [0.1, 0.15) is 50.5 Å². The Hall–Kier alpha value is -1.88. The van der Waals surface area contributed by atoms with E-state index in [9.17, 15) is 9.59 Å². The molecule has 1 unspecified atom stereocenters. The zero-order valence-corrected chi connectivity index (χ0v) is 14.7. The summed E-state index contributed by atoms with van der Waals surface area (Å²) in [5.41, 5.74) is 0.989. The molecule has 2 aliphatic carbocycles. The Morgan fingerprint density at radius 3 is 2.48 bits per heavy atom. The van der Waals surface area contributed by atoms with Crippen molar-refractivity contribution in [1.29, 1.82) is 0 Å². The van der Waals surface area contributed by atoms with Gasteiger partial charge in [-0.1, -0.05) is 30.3 Å². The van der Waals surface area contributed by atoms with Gasteiger partial charge in [0.1, 0.15) is 0 Å². The van der Waals surface area contributed by atoms with Gasteiger partial charge in [0, 0.05) is 6.04 Å². The highest BCUT2D eigenvalue weighted by Gasteiger charge is 2.41. The highest BCUT2D eigenvalue weighted by molar-refractivity contribution is 5.84. The summed E-state index contributed by atoms with van der Waals surface area (Å²) in [5.74, 6) is 0.142. The molecule has 0 aromatic heterocycles. The molecular weight excluding hydrogens is 314 g/mol. The van der Waals surface area contributed by atoms with Gasteiger partial charge in [-0.25, -0.2) is 0 Å². The lowest BCUT2D eigenvalue weighted by Gasteiger charge is -2.43.